The van der Waals surface area contributed by atoms with Crippen LogP contribution in [0.15, 0.2) is 53.4 Å². The van der Waals surface area contributed by atoms with Gasteiger partial charge < -0.3 is 10.4 Å². The average Bonchev–Trinajstić information content (AvgIpc) is 2.65. The van der Waals surface area contributed by atoms with Gasteiger partial charge >= 0.3 is 5.97 Å². The van der Waals surface area contributed by atoms with E-state index in [1.54, 1.807) is 0 Å². The topological polar surface area (TPSA) is 113 Å². The van der Waals surface area contributed by atoms with Crippen LogP contribution in [0.1, 0.15) is 16.8 Å². The fraction of sp³-hybridized carbons (Fsp3) is 0.222. The lowest BCUT2D eigenvalue weighted by Crippen LogP contribution is -2.44. The number of hydrogen-bond acceptors (Lipinski definition) is 5. The van der Waals surface area contributed by atoms with Gasteiger partial charge in [0, 0.05) is 10.7 Å². The average molecular weight is 443 g/mol. The van der Waals surface area contributed by atoms with E-state index in [0.29, 0.717) is 10.8 Å². The fourth-order valence-electron chi connectivity index (χ4n) is 2.31. The van der Waals surface area contributed by atoms with Crippen molar-refractivity contribution < 1.29 is 23.1 Å². The zero-order chi connectivity index (χ0) is 20.7. The van der Waals surface area contributed by atoms with E-state index in [2.05, 4.69) is 10.0 Å². The first-order valence-corrected chi connectivity index (χ1v) is 11.4. The molecule has 0 aliphatic carbocycles. The number of carboxylic acids is 1. The molecule has 1 atom stereocenters. The third-order valence-corrected chi connectivity index (χ3v) is 6.11. The maximum atomic E-state index is 12.6. The van der Waals surface area contributed by atoms with E-state index in [9.17, 15) is 18.0 Å². The van der Waals surface area contributed by atoms with Gasteiger partial charge in [-0.25, -0.2) is 13.2 Å². The molecule has 2 aromatic carbocycles. The van der Waals surface area contributed by atoms with Crippen LogP contribution in [-0.4, -0.2) is 43.5 Å². The zero-order valence-electron chi connectivity index (χ0n) is 14.9. The van der Waals surface area contributed by atoms with Gasteiger partial charge in [0.25, 0.3) is 0 Å². The number of benzene rings is 2. The molecule has 0 heterocycles. The van der Waals surface area contributed by atoms with Gasteiger partial charge in [-0.05, 0) is 60.9 Å². The predicted molar refractivity (Wildman–Crippen MR) is 111 cm³/mol. The summed E-state index contributed by atoms with van der Waals surface area (Å²) in [6, 6.07) is 10.3. The number of thioether (sulfide) groups is 1. The number of carbonyl (C=O) groups is 2. The smallest absolute Gasteiger partial charge is 0.335 e. The summed E-state index contributed by atoms with van der Waals surface area (Å²) in [4.78, 5) is 23.7. The molecule has 0 saturated heterocycles. The summed E-state index contributed by atoms with van der Waals surface area (Å²) < 4.78 is 27.6. The minimum atomic E-state index is -3.94. The van der Waals surface area contributed by atoms with Gasteiger partial charge in [-0.15, -0.1) is 0 Å². The second-order valence-corrected chi connectivity index (χ2v) is 8.92. The summed E-state index contributed by atoms with van der Waals surface area (Å²) in [5.74, 6) is -1.15. The van der Waals surface area contributed by atoms with Crippen molar-refractivity contribution in [2.75, 3.05) is 17.3 Å². The number of carbonyl (C=O) groups excluding carboxylic acids is 1. The van der Waals surface area contributed by atoms with Crippen LogP contribution in [0.5, 0.6) is 0 Å². The molecule has 0 aliphatic heterocycles. The summed E-state index contributed by atoms with van der Waals surface area (Å²) in [6.45, 7) is 0. The molecule has 3 N–H and O–H groups in total. The Balaban J connectivity index is 2.20. The maximum absolute atomic E-state index is 12.6. The molecule has 10 heteroatoms. The number of hydrogen-bond donors (Lipinski definition) is 3. The van der Waals surface area contributed by atoms with Crippen molar-refractivity contribution in [2.24, 2.45) is 0 Å². The van der Waals surface area contributed by atoms with Gasteiger partial charge in [0.1, 0.15) is 6.04 Å². The third-order valence-electron chi connectivity index (χ3n) is 3.73. The Kier molecular flexibility index (Phi) is 7.88. The highest BCUT2D eigenvalue weighted by atomic mass is 35.5. The van der Waals surface area contributed by atoms with Gasteiger partial charge in [-0.3, -0.25) is 4.79 Å². The molecule has 2 aromatic rings. The van der Waals surface area contributed by atoms with Crippen molar-refractivity contribution in [1.82, 2.24) is 4.72 Å². The quantitative estimate of drug-likeness (QED) is 0.550. The molecule has 28 heavy (non-hydrogen) atoms. The summed E-state index contributed by atoms with van der Waals surface area (Å²) in [5.41, 5.74) is 0.282. The molecule has 7 nitrogen and oxygen atoms in total. The number of anilines is 1. The van der Waals surface area contributed by atoms with Crippen LogP contribution in [0.3, 0.4) is 0 Å². The van der Waals surface area contributed by atoms with Crippen LogP contribution in [0.2, 0.25) is 5.02 Å². The highest BCUT2D eigenvalue weighted by Crippen LogP contribution is 2.16. The van der Waals surface area contributed by atoms with Gasteiger partial charge in [-0.2, -0.15) is 16.5 Å². The first-order valence-electron chi connectivity index (χ1n) is 8.14. The van der Waals surface area contributed by atoms with E-state index in [0.717, 1.165) is 0 Å². The van der Waals surface area contributed by atoms with Crippen molar-refractivity contribution >= 4 is 50.9 Å². The van der Waals surface area contributed by atoms with E-state index >= 15 is 0 Å². The molecule has 0 spiro atoms. The minimum Gasteiger partial charge on any atom is -0.478 e. The molecule has 0 unspecified atom stereocenters. The van der Waals surface area contributed by atoms with Crippen LogP contribution < -0.4 is 10.0 Å². The van der Waals surface area contributed by atoms with Crippen molar-refractivity contribution in [3.05, 3.63) is 59.1 Å². The Hall–Kier alpha value is -2.07. The summed E-state index contributed by atoms with van der Waals surface area (Å²) in [5, 5.41) is 12.0. The molecule has 0 bridgehead atoms. The highest BCUT2D eigenvalue weighted by molar-refractivity contribution is 7.98. The maximum Gasteiger partial charge on any atom is 0.335 e. The molecule has 0 fully saturated rings. The summed E-state index contributed by atoms with van der Waals surface area (Å²) >= 11 is 7.26. The number of amides is 1. The van der Waals surface area contributed by atoms with E-state index in [-0.39, 0.29) is 22.6 Å². The van der Waals surface area contributed by atoms with E-state index in [1.807, 2.05) is 6.26 Å². The lowest BCUT2D eigenvalue weighted by Gasteiger charge is -2.18. The standard InChI is InChI=1S/C18H19ClN2O5S2/c1-27-10-9-16(21-28(25,26)15-7-5-13(19)6-8-15)17(22)20-14-4-2-3-12(11-14)18(23)24/h2-8,11,16,21H,9-10H2,1H3,(H,20,22)(H,23,24)/t16-/m0/s1. The van der Waals surface area contributed by atoms with Gasteiger partial charge in [0.15, 0.2) is 0 Å². The Morgan fingerprint density at radius 3 is 2.46 bits per heavy atom. The molecular formula is C18H19ClN2O5S2. The van der Waals surface area contributed by atoms with Crippen molar-refractivity contribution in [3.8, 4) is 0 Å². The van der Waals surface area contributed by atoms with Crippen LogP contribution in [0.4, 0.5) is 5.69 Å². The molecule has 150 valence electrons. The van der Waals surface area contributed by atoms with Gasteiger partial charge in [-0.1, -0.05) is 17.7 Å². The number of carboxylic acid groups (broad SMARTS) is 1. The Labute approximate surface area is 172 Å². The Morgan fingerprint density at radius 1 is 1.18 bits per heavy atom. The lowest BCUT2D eigenvalue weighted by atomic mass is 10.2. The van der Waals surface area contributed by atoms with Crippen molar-refractivity contribution in [3.63, 3.8) is 0 Å². The SMILES string of the molecule is CSCC[C@H](NS(=O)(=O)c1ccc(Cl)cc1)C(=O)Nc1cccc(C(=O)O)c1. The molecule has 0 radical (unpaired) electrons. The Morgan fingerprint density at radius 2 is 1.86 bits per heavy atom. The minimum absolute atomic E-state index is 0.00766. The first kappa shape index (κ1) is 22.2. The lowest BCUT2D eigenvalue weighted by molar-refractivity contribution is -0.117. The monoisotopic (exact) mass is 442 g/mol. The van der Waals surface area contributed by atoms with Gasteiger partial charge in [0.2, 0.25) is 15.9 Å². The van der Waals surface area contributed by atoms with Crippen LogP contribution in [0.25, 0.3) is 0 Å². The second-order valence-electron chi connectivity index (χ2n) is 5.78. The summed E-state index contributed by atoms with van der Waals surface area (Å²) in [6.07, 6.45) is 2.11. The predicted octanol–water partition coefficient (Wildman–Crippen LogP) is 3.08. The largest absolute Gasteiger partial charge is 0.478 e. The fourth-order valence-corrected chi connectivity index (χ4v) is 4.13. The molecular weight excluding hydrogens is 424 g/mol. The molecule has 2 rings (SSSR count). The van der Waals surface area contributed by atoms with E-state index in [4.69, 9.17) is 16.7 Å². The highest BCUT2D eigenvalue weighted by Gasteiger charge is 2.25. The second kappa shape index (κ2) is 9.92. The molecule has 0 aromatic heterocycles. The van der Waals surface area contributed by atoms with E-state index < -0.39 is 27.9 Å². The number of rotatable bonds is 9. The zero-order valence-corrected chi connectivity index (χ0v) is 17.3. The third kappa shape index (κ3) is 6.23. The summed E-state index contributed by atoms with van der Waals surface area (Å²) in [7, 11) is -3.94. The van der Waals surface area contributed by atoms with Crippen molar-refractivity contribution in [1.29, 1.82) is 0 Å². The number of aromatic carboxylic acids is 1. The molecule has 0 aliphatic rings. The van der Waals surface area contributed by atoms with Crippen LogP contribution >= 0.6 is 23.4 Å². The normalized spacial score (nSPS) is 12.4. The first-order chi connectivity index (χ1) is 13.2. The van der Waals surface area contributed by atoms with Crippen LogP contribution in [0, 0.1) is 0 Å². The van der Waals surface area contributed by atoms with Gasteiger partial charge in [0.05, 0.1) is 10.5 Å². The van der Waals surface area contributed by atoms with Crippen LogP contribution in [-0.2, 0) is 14.8 Å². The molecule has 1 amide bonds. The van der Waals surface area contributed by atoms with E-state index in [1.165, 1.54) is 60.3 Å². The number of sulfonamides is 1. The number of halogens is 1. The number of nitrogens with one attached hydrogen (secondary N) is 2. The Bertz CT molecular complexity index is 949. The van der Waals surface area contributed by atoms with Crippen molar-refractivity contribution in [2.45, 2.75) is 17.4 Å². The molecule has 0 saturated carbocycles.